The predicted molar refractivity (Wildman–Crippen MR) is 235 cm³/mol. The highest BCUT2D eigenvalue weighted by atomic mass is 15.1. The Morgan fingerprint density at radius 3 is 1.32 bits per heavy atom. The van der Waals surface area contributed by atoms with Crippen LogP contribution in [0.15, 0.2) is 237 Å². The summed E-state index contributed by atoms with van der Waals surface area (Å²) < 4.78 is 0. The first kappa shape index (κ1) is 33.4. The van der Waals surface area contributed by atoms with E-state index in [0.29, 0.717) is 0 Å². The van der Waals surface area contributed by atoms with Crippen molar-refractivity contribution in [2.24, 2.45) is 0 Å². The van der Waals surface area contributed by atoms with E-state index in [1.54, 1.807) is 0 Å². The predicted octanol–water partition coefficient (Wildman–Crippen LogP) is 14.5. The van der Waals surface area contributed by atoms with Gasteiger partial charge in [-0.1, -0.05) is 200 Å². The third-order valence-electron chi connectivity index (χ3n) is 11.4. The first-order chi connectivity index (χ1) is 27.8. The third-order valence-corrected chi connectivity index (χ3v) is 11.4. The molecular formula is C55H39N. The number of hydrogen-bond donors (Lipinski definition) is 0. The largest absolute Gasteiger partial charge is 0.310 e. The van der Waals surface area contributed by atoms with Gasteiger partial charge in [-0.15, -0.1) is 0 Å². The number of fused-ring (bicyclic) bond motifs is 3. The lowest BCUT2D eigenvalue weighted by Gasteiger charge is -2.35. The summed E-state index contributed by atoms with van der Waals surface area (Å²) in [5.41, 5.74) is 17.5. The lowest BCUT2D eigenvalue weighted by molar-refractivity contribution is 0.768. The maximum Gasteiger partial charge on any atom is 0.0714 e. The standard InChI is InChI=1S/C55H39N/c1-6-18-40(19-7-1)42-30-33-47(34-31-42)56(54-37-32-44(41-20-8-2-9-21-41)38-51(54)43-22-10-3-11-23-43)48-35-36-50-49-28-16-17-29-52(49)55(53(50)39-48,45-24-12-4-13-25-45)46-26-14-5-15-27-46/h1-39H. The van der Waals surface area contributed by atoms with Crippen LogP contribution < -0.4 is 4.90 Å². The summed E-state index contributed by atoms with van der Waals surface area (Å²) in [4.78, 5) is 2.45. The van der Waals surface area contributed by atoms with Crippen LogP contribution in [0.4, 0.5) is 17.1 Å². The lowest BCUT2D eigenvalue weighted by Crippen LogP contribution is -2.28. The Kier molecular flexibility index (Phi) is 8.46. The Bertz CT molecular complexity index is 2720. The second-order valence-corrected chi connectivity index (χ2v) is 14.5. The van der Waals surface area contributed by atoms with Crippen molar-refractivity contribution in [2.45, 2.75) is 5.41 Å². The van der Waals surface area contributed by atoms with E-state index in [1.807, 2.05) is 0 Å². The van der Waals surface area contributed by atoms with Gasteiger partial charge in [0, 0.05) is 16.9 Å². The molecule has 1 heteroatoms. The topological polar surface area (TPSA) is 3.24 Å². The summed E-state index contributed by atoms with van der Waals surface area (Å²) in [6.45, 7) is 0. The van der Waals surface area contributed by atoms with Crippen LogP contribution in [0.3, 0.4) is 0 Å². The molecule has 10 rings (SSSR count). The quantitative estimate of drug-likeness (QED) is 0.152. The molecule has 1 aliphatic carbocycles. The molecule has 0 aliphatic heterocycles. The molecule has 0 unspecified atom stereocenters. The van der Waals surface area contributed by atoms with Gasteiger partial charge in [-0.05, 0) is 97.6 Å². The van der Waals surface area contributed by atoms with Crippen molar-refractivity contribution in [3.05, 3.63) is 259 Å². The van der Waals surface area contributed by atoms with Gasteiger partial charge in [-0.2, -0.15) is 0 Å². The van der Waals surface area contributed by atoms with Crippen LogP contribution in [-0.4, -0.2) is 0 Å². The summed E-state index contributed by atoms with van der Waals surface area (Å²) in [6, 6.07) is 86.3. The fraction of sp³-hybridized carbons (Fsp3) is 0.0182. The van der Waals surface area contributed by atoms with E-state index in [9.17, 15) is 0 Å². The lowest BCUT2D eigenvalue weighted by atomic mass is 9.67. The molecule has 0 atom stereocenters. The van der Waals surface area contributed by atoms with Crippen LogP contribution in [0, 0.1) is 0 Å². The second kappa shape index (κ2) is 14.2. The molecular weight excluding hydrogens is 675 g/mol. The number of hydrogen-bond acceptors (Lipinski definition) is 1. The van der Waals surface area contributed by atoms with E-state index in [2.05, 4.69) is 241 Å². The van der Waals surface area contributed by atoms with Crippen LogP contribution in [-0.2, 0) is 5.41 Å². The van der Waals surface area contributed by atoms with E-state index >= 15 is 0 Å². The van der Waals surface area contributed by atoms with Gasteiger partial charge >= 0.3 is 0 Å². The molecule has 0 saturated carbocycles. The zero-order valence-corrected chi connectivity index (χ0v) is 31.0. The summed E-state index contributed by atoms with van der Waals surface area (Å²) in [6.07, 6.45) is 0. The van der Waals surface area contributed by atoms with E-state index in [-0.39, 0.29) is 0 Å². The van der Waals surface area contributed by atoms with Crippen molar-refractivity contribution in [1.29, 1.82) is 0 Å². The molecule has 56 heavy (non-hydrogen) atoms. The first-order valence-electron chi connectivity index (χ1n) is 19.3. The molecule has 264 valence electrons. The van der Waals surface area contributed by atoms with Crippen LogP contribution in [0.2, 0.25) is 0 Å². The minimum Gasteiger partial charge on any atom is -0.310 e. The second-order valence-electron chi connectivity index (χ2n) is 14.5. The van der Waals surface area contributed by atoms with Gasteiger partial charge in [0.05, 0.1) is 11.1 Å². The Morgan fingerprint density at radius 2 is 0.714 bits per heavy atom. The SMILES string of the molecule is c1ccc(-c2ccc(N(c3ccc4c(c3)C(c3ccccc3)(c3ccccc3)c3ccccc3-4)c3ccc(-c4ccccc4)cc3-c3ccccc3)cc2)cc1. The molecule has 0 spiro atoms. The maximum atomic E-state index is 2.46. The van der Waals surface area contributed by atoms with Gasteiger partial charge in [0.25, 0.3) is 0 Å². The normalized spacial score (nSPS) is 12.4. The molecule has 1 nitrogen and oxygen atoms in total. The van der Waals surface area contributed by atoms with E-state index < -0.39 is 5.41 Å². The minimum atomic E-state index is -0.507. The molecule has 9 aromatic carbocycles. The van der Waals surface area contributed by atoms with Gasteiger partial charge < -0.3 is 4.90 Å². The highest BCUT2D eigenvalue weighted by molar-refractivity contribution is 5.94. The molecule has 0 amide bonds. The van der Waals surface area contributed by atoms with Crippen molar-refractivity contribution >= 4 is 17.1 Å². The molecule has 0 radical (unpaired) electrons. The van der Waals surface area contributed by atoms with E-state index in [1.165, 1.54) is 66.8 Å². The fourth-order valence-corrected chi connectivity index (χ4v) is 8.82. The molecule has 0 N–H and O–H groups in total. The summed E-state index contributed by atoms with van der Waals surface area (Å²) in [7, 11) is 0. The van der Waals surface area contributed by atoms with Crippen LogP contribution >= 0.6 is 0 Å². The van der Waals surface area contributed by atoms with E-state index in [4.69, 9.17) is 0 Å². The summed E-state index contributed by atoms with van der Waals surface area (Å²) in [5, 5.41) is 0. The molecule has 1 aliphatic rings. The van der Waals surface area contributed by atoms with Crippen molar-refractivity contribution < 1.29 is 0 Å². The van der Waals surface area contributed by atoms with E-state index in [0.717, 1.165) is 17.1 Å². The number of anilines is 3. The van der Waals surface area contributed by atoms with Gasteiger partial charge in [0.15, 0.2) is 0 Å². The smallest absolute Gasteiger partial charge is 0.0714 e. The zero-order chi connectivity index (χ0) is 37.3. The monoisotopic (exact) mass is 713 g/mol. The van der Waals surface area contributed by atoms with Gasteiger partial charge in [0.2, 0.25) is 0 Å². The Labute approximate surface area is 329 Å². The zero-order valence-electron chi connectivity index (χ0n) is 31.0. The summed E-state index contributed by atoms with van der Waals surface area (Å²) in [5.74, 6) is 0. The molecule has 0 saturated heterocycles. The molecule has 9 aromatic rings. The van der Waals surface area contributed by atoms with Gasteiger partial charge in [0.1, 0.15) is 0 Å². The summed E-state index contributed by atoms with van der Waals surface area (Å²) >= 11 is 0. The van der Waals surface area contributed by atoms with Crippen LogP contribution in [0.25, 0.3) is 44.5 Å². The molecule has 0 fully saturated rings. The minimum absolute atomic E-state index is 0.507. The van der Waals surface area contributed by atoms with Crippen LogP contribution in [0.5, 0.6) is 0 Å². The molecule has 0 aromatic heterocycles. The Balaban J connectivity index is 1.24. The molecule has 0 heterocycles. The highest BCUT2D eigenvalue weighted by Gasteiger charge is 2.46. The fourth-order valence-electron chi connectivity index (χ4n) is 8.82. The van der Waals surface area contributed by atoms with Gasteiger partial charge in [-0.25, -0.2) is 0 Å². The van der Waals surface area contributed by atoms with Crippen molar-refractivity contribution in [2.75, 3.05) is 4.90 Å². The average molecular weight is 714 g/mol. The van der Waals surface area contributed by atoms with Crippen LogP contribution in [0.1, 0.15) is 22.3 Å². The number of nitrogens with zero attached hydrogens (tertiary/aromatic N) is 1. The van der Waals surface area contributed by atoms with Crippen molar-refractivity contribution in [3.8, 4) is 44.5 Å². The van der Waals surface area contributed by atoms with Crippen molar-refractivity contribution in [1.82, 2.24) is 0 Å². The Morgan fingerprint density at radius 1 is 0.268 bits per heavy atom. The third kappa shape index (κ3) is 5.65. The number of benzene rings is 9. The van der Waals surface area contributed by atoms with Crippen molar-refractivity contribution in [3.63, 3.8) is 0 Å². The maximum absolute atomic E-state index is 2.46. The van der Waals surface area contributed by atoms with Gasteiger partial charge in [-0.3, -0.25) is 0 Å². The average Bonchev–Trinajstić information content (AvgIpc) is 3.59. The first-order valence-corrected chi connectivity index (χ1v) is 19.3. The Hall–Kier alpha value is -7.22. The highest BCUT2D eigenvalue weighted by Crippen LogP contribution is 2.57. The molecule has 0 bridgehead atoms. The number of rotatable bonds is 8.